The molecule has 1 fully saturated rings. The van der Waals surface area contributed by atoms with Crippen molar-refractivity contribution in [2.45, 2.75) is 25.8 Å². The highest BCUT2D eigenvalue weighted by molar-refractivity contribution is 7.88. The van der Waals surface area contributed by atoms with E-state index in [1.807, 2.05) is 0 Å². The minimum absolute atomic E-state index is 0.0319. The van der Waals surface area contributed by atoms with Gasteiger partial charge in [0.1, 0.15) is 16.6 Å². The van der Waals surface area contributed by atoms with Crippen LogP contribution in [0.3, 0.4) is 0 Å². The van der Waals surface area contributed by atoms with E-state index < -0.39 is 32.9 Å². The molecule has 138 valence electrons. The van der Waals surface area contributed by atoms with Crippen molar-refractivity contribution >= 4 is 43.2 Å². The summed E-state index contributed by atoms with van der Waals surface area (Å²) in [5, 5.41) is 13.0. The average Bonchev–Trinajstić information content (AvgIpc) is 3.13. The number of nitrogens with zero attached hydrogens (tertiary/aromatic N) is 2. The molecule has 12 heteroatoms. The van der Waals surface area contributed by atoms with Gasteiger partial charge in [0.25, 0.3) is 0 Å². The van der Waals surface area contributed by atoms with Crippen molar-refractivity contribution in [1.82, 2.24) is 4.31 Å². The third-order valence-corrected chi connectivity index (χ3v) is 5.85. The maximum absolute atomic E-state index is 12.5. The van der Waals surface area contributed by atoms with E-state index in [0.717, 1.165) is 16.6 Å². The van der Waals surface area contributed by atoms with Crippen LogP contribution in [0.25, 0.3) is 0 Å². The normalized spacial score (nSPS) is 18.1. The number of nitrogens with one attached hydrogen (secondary N) is 1. The van der Waals surface area contributed by atoms with Crippen LogP contribution in [0, 0.1) is 10.1 Å². The summed E-state index contributed by atoms with van der Waals surface area (Å²) in [6.07, 6.45) is 1.88. The standard InChI is InChI=1S/C13H17N3O7S2/c1-3-23-13(18)8-7-10(16(19)20)24-12(8)14-11(17)9-5-4-6-15(9)25(2,21)22/h7,9H,3-6H2,1-2H3,(H,14,17). The van der Waals surface area contributed by atoms with Crippen LogP contribution in [0.5, 0.6) is 0 Å². The second-order valence-corrected chi connectivity index (χ2v) is 8.29. The van der Waals surface area contributed by atoms with Gasteiger partial charge in [-0.3, -0.25) is 14.9 Å². The second-order valence-electron chi connectivity index (χ2n) is 5.33. The first kappa shape index (κ1) is 19.3. The fourth-order valence-corrected chi connectivity index (χ4v) is 4.50. The van der Waals surface area contributed by atoms with Crippen molar-refractivity contribution in [3.63, 3.8) is 0 Å². The van der Waals surface area contributed by atoms with Crippen molar-refractivity contribution in [3.05, 3.63) is 21.7 Å². The molecule has 0 aliphatic carbocycles. The highest BCUT2D eigenvalue weighted by Gasteiger charge is 2.37. The zero-order valence-corrected chi connectivity index (χ0v) is 15.2. The zero-order chi connectivity index (χ0) is 18.8. The van der Waals surface area contributed by atoms with Gasteiger partial charge in [0.15, 0.2) is 0 Å². The Morgan fingerprint density at radius 2 is 2.20 bits per heavy atom. The number of carbonyl (C=O) groups excluding carboxylic acids is 2. The van der Waals surface area contributed by atoms with Gasteiger partial charge in [-0.15, -0.1) is 0 Å². The maximum atomic E-state index is 12.5. The van der Waals surface area contributed by atoms with Crippen LogP contribution in [-0.2, 0) is 19.6 Å². The van der Waals surface area contributed by atoms with E-state index in [1.165, 1.54) is 0 Å². The molecular weight excluding hydrogens is 374 g/mol. The van der Waals surface area contributed by atoms with Crippen LogP contribution in [0.2, 0.25) is 0 Å². The number of hydrogen-bond acceptors (Lipinski definition) is 8. The Bertz CT molecular complexity index is 803. The predicted octanol–water partition coefficient (Wildman–Crippen LogP) is 1.20. The molecule has 1 unspecified atom stereocenters. The molecule has 0 radical (unpaired) electrons. The topological polar surface area (TPSA) is 136 Å². The van der Waals surface area contributed by atoms with Gasteiger partial charge in [-0.1, -0.05) is 0 Å². The molecule has 1 aliphatic heterocycles. The van der Waals surface area contributed by atoms with Crippen LogP contribution < -0.4 is 5.32 Å². The number of sulfonamides is 1. The second kappa shape index (κ2) is 7.45. The van der Waals surface area contributed by atoms with E-state index >= 15 is 0 Å². The van der Waals surface area contributed by atoms with Gasteiger partial charge in [-0.2, -0.15) is 4.31 Å². The molecule has 1 N–H and O–H groups in total. The first-order valence-corrected chi connectivity index (χ1v) is 10.0. The van der Waals surface area contributed by atoms with Crippen LogP contribution in [-0.4, -0.2) is 55.0 Å². The lowest BCUT2D eigenvalue weighted by Gasteiger charge is -2.21. The number of thiophene rings is 1. The number of hydrogen-bond donors (Lipinski definition) is 1. The summed E-state index contributed by atoms with van der Waals surface area (Å²) in [5.74, 6) is -1.43. The van der Waals surface area contributed by atoms with E-state index in [-0.39, 0.29) is 28.7 Å². The molecule has 0 bridgehead atoms. The fourth-order valence-electron chi connectivity index (χ4n) is 2.52. The average molecular weight is 391 g/mol. The summed E-state index contributed by atoms with van der Waals surface area (Å²) in [4.78, 5) is 34.6. The van der Waals surface area contributed by atoms with Gasteiger partial charge in [0.05, 0.1) is 17.8 Å². The van der Waals surface area contributed by atoms with E-state index in [4.69, 9.17) is 4.74 Å². The lowest BCUT2D eigenvalue weighted by atomic mass is 10.2. The van der Waals surface area contributed by atoms with Gasteiger partial charge in [0.2, 0.25) is 15.9 Å². The monoisotopic (exact) mass is 391 g/mol. The summed E-state index contributed by atoms with van der Waals surface area (Å²) in [7, 11) is -3.56. The van der Waals surface area contributed by atoms with Gasteiger partial charge in [-0.05, 0) is 31.1 Å². The molecule has 1 atom stereocenters. The van der Waals surface area contributed by atoms with Crippen molar-refractivity contribution in [3.8, 4) is 0 Å². The highest BCUT2D eigenvalue weighted by atomic mass is 32.2. The summed E-state index contributed by atoms with van der Waals surface area (Å²) in [6, 6.07) is 0.118. The predicted molar refractivity (Wildman–Crippen MR) is 90.1 cm³/mol. The number of ether oxygens (including phenoxy) is 1. The Hall–Kier alpha value is -2.05. The Balaban J connectivity index is 2.28. The number of anilines is 1. The number of esters is 1. The molecule has 1 saturated heterocycles. The van der Waals surface area contributed by atoms with E-state index in [2.05, 4.69) is 5.32 Å². The Morgan fingerprint density at radius 3 is 2.76 bits per heavy atom. The third kappa shape index (κ3) is 4.32. The van der Waals surface area contributed by atoms with Gasteiger partial charge >= 0.3 is 11.0 Å². The van der Waals surface area contributed by atoms with E-state index in [1.54, 1.807) is 6.92 Å². The number of rotatable bonds is 6. The van der Waals surface area contributed by atoms with Crippen LogP contribution in [0.15, 0.2) is 6.07 Å². The van der Waals surface area contributed by atoms with Gasteiger partial charge in [0, 0.05) is 12.6 Å². The molecule has 1 aliphatic rings. The molecule has 1 amide bonds. The van der Waals surface area contributed by atoms with Crippen molar-refractivity contribution in [2.75, 3.05) is 24.7 Å². The maximum Gasteiger partial charge on any atom is 0.341 e. The lowest BCUT2D eigenvalue weighted by molar-refractivity contribution is -0.380. The van der Waals surface area contributed by atoms with Crippen molar-refractivity contribution in [1.29, 1.82) is 0 Å². The minimum Gasteiger partial charge on any atom is -0.462 e. The molecule has 0 saturated carbocycles. The molecule has 0 spiro atoms. The third-order valence-electron chi connectivity index (χ3n) is 3.56. The summed E-state index contributed by atoms with van der Waals surface area (Å²) < 4.78 is 29.4. The summed E-state index contributed by atoms with van der Waals surface area (Å²) in [6.45, 7) is 1.88. The number of nitro groups is 1. The minimum atomic E-state index is -3.56. The largest absolute Gasteiger partial charge is 0.462 e. The lowest BCUT2D eigenvalue weighted by Crippen LogP contribution is -2.42. The van der Waals surface area contributed by atoms with Crippen LogP contribution in [0.1, 0.15) is 30.1 Å². The van der Waals surface area contributed by atoms with Crippen LogP contribution >= 0.6 is 11.3 Å². The molecule has 0 aromatic carbocycles. The summed E-state index contributed by atoms with van der Waals surface area (Å²) >= 11 is 0.618. The smallest absolute Gasteiger partial charge is 0.341 e. The van der Waals surface area contributed by atoms with Gasteiger partial charge in [-0.25, -0.2) is 13.2 Å². The summed E-state index contributed by atoms with van der Waals surface area (Å²) in [5.41, 5.74) is -0.129. The molecule has 1 aromatic heterocycles. The molecule has 25 heavy (non-hydrogen) atoms. The van der Waals surface area contributed by atoms with Crippen LogP contribution in [0.4, 0.5) is 10.0 Å². The van der Waals surface area contributed by atoms with Crippen molar-refractivity contribution < 1.29 is 27.7 Å². The molecular formula is C13H17N3O7S2. The quantitative estimate of drug-likeness (QED) is 0.437. The highest BCUT2D eigenvalue weighted by Crippen LogP contribution is 2.35. The first-order chi connectivity index (χ1) is 11.6. The van der Waals surface area contributed by atoms with E-state index in [0.29, 0.717) is 24.2 Å². The van der Waals surface area contributed by atoms with E-state index in [9.17, 15) is 28.1 Å². The van der Waals surface area contributed by atoms with Gasteiger partial charge < -0.3 is 10.1 Å². The zero-order valence-electron chi connectivity index (χ0n) is 13.6. The first-order valence-electron chi connectivity index (χ1n) is 7.38. The Kier molecular flexibility index (Phi) is 5.75. The molecule has 2 rings (SSSR count). The Morgan fingerprint density at radius 1 is 1.52 bits per heavy atom. The SMILES string of the molecule is CCOC(=O)c1cc([N+](=O)[O-])sc1NC(=O)C1CCCN1S(C)(=O)=O. The molecule has 1 aromatic rings. The fraction of sp³-hybridized carbons (Fsp3) is 0.538. The Labute approximate surface area is 148 Å². The van der Waals surface area contributed by atoms with Crippen molar-refractivity contribution in [2.24, 2.45) is 0 Å². The number of amides is 1. The molecule has 2 heterocycles. The number of carbonyl (C=O) groups is 2. The molecule has 10 nitrogen and oxygen atoms in total.